The van der Waals surface area contributed by atoms with E-state index >= 15 is 0 Å². The molecule has 0 aromatic carbocycles. The van der Waals surface area contributed by atoms with Crippen molar-refractivity contribution in [2.75, 3.05) is 38.2 Å². The number of amides is 1. The molecule has 0 unspecified atom stereocenters. The van der Waals surface area contributed by atoms with Crippen molar-refractivity contribution < 1.29 is 4.79 Å². The lowest BCUT2D eigenvalue weighted by molar-refractivity contribution is -0.134. The van der Waals surface area contributed by atoms with Gasteiger partial charge >= 0.3 is 0 Å². The van der Waals surface area contributed by atoms with Crippen LogP contribution in [0, 0.1) is 0 Å². The molecule has 0 aromatic heterocycles. The van der Waals surface area contributed by atoms with Gasteiger partial charge in [-0.05, 0) is 31.3 Å². The zero-order valence-corrected chi connectivity index (χ0v) is 11.4. The summed E-state index contributed by atoms with van der Waals surface area (Å²) >= 11 is 1.75. The van der Waals surface area contributed by atoms with Crippen LogP contribution in [0.5, 0.6) is 0 Å². The maximum Gasteiger partial charge on any atom is 0.239 e. The maximum absolute atomic E-state index is 12.1. The minimum absolute atomic E-state index is 0.148. The number of nitrogens with two attached hydrogens (primary N) is 1. The van der Waals surface area contributed by atoms with E-state index in [0.29, 0.717) is 0 Å². The summed E-state index contributed by atoms with van der Waals surface area (Å²) in [6.07, 6.45) is 5.54. The molecule has 4 nitrogen and oxygen atoms in total. The SMILES string of the molecule is CSCC[C@@H](N)C(=O)N1CCN(C2CC2)CC1. The summed E-state index contributed by atoms with van der Waals surface area (Å²) in [5, 5.41) is 0. The predicted octanol–water partition coefficient (Wildman–Crippen LogP) is 0.373. The second-order valence-electron chi connectivity index (χ2n) is 4.98. The molecule has 2 rings (SSSR count). The molecular weight excluding hydrogens is 234 g/mol. The highest BCUT2D eigenvalue weighted by Crippen LogP contribution is 2.27. The zero-order chi connectivity index (χ0) is 12.3. The van der Waals surface area contributed by atoms with E-state index in [1.165, 1.54) is 12.8 Å². The van der Waals surface area contributed by atoms with Gasteiger partial charge in [-0.3, -0.25) is 9.69 Å². The Balaban J connectivity index is 1.73. The van der Waals surface area contributed by atoms with E-state index in [-0.39, 0.29) is 11.9 Å². The molecule has 1 aliphatic heterocycles. The minimum atomic E-state index is -0.296. The number of nitrogens with zero attached hydrogens (tertiary/aromatic N) is 2. The quantitative estimate of drug-likeness (QED) is 0.773. The number of carbonyl (C=O) groups excluding carboxylic acids is 1. The van der Waals surface area contributed by atoms with E-state index in [2.05, 4.69) is 4.90 Å². The standard InChI is InChI=1S/C12H23N3OS/c1-17-9-4-11(13)12(16)15-7-5-14(6-8-15)10-2-3-10/h10-11H,2-9,13H2,1H3/t11-/m1/s1. The molecule has 2 fully saturated rings. The van der Waals surface area contributed by atoms with Gasteiger partial charge in [0.1, 0.15) is 0 Å². The van der Waals surface area contributed by atoms with Crippen molar-refractivity contribution in [2.45, 2.75) is 31.3 Å². The Morgan fingerprint density at radius 1 is 1.35 bits per heavy atom. The van der Waals surface area contributed by atoms with Crippen LogP contribution < -0.4 is 5.73 Å². The van der Waals surface area contributed by atoms with Gasteiger partial charge in [-0.1, -0.05) is 0 Å². The summed E-state index contributed by atoms with van der Waals surface area (Å²) in [4.78, 5) is 16.5. The van der Waals surface area contributed by atoms with Gasteiger partial charge in [0.2, 0.25) is 5.91 Å². The second kappa shape index (κ2) is 6.07. The molecule has 0 aromatic rings. The third-order valence-corrected chi connectivity index (χ3v) is 4.28. The van der Waals surface area contributed by atoms with Crippen LogP contribution in [0.3, 0.4) is 0 Å². The van der Waals surface area contributed by atoms with Crippen molar-refractivity contribution in [3.8, 4) is 0 Å². The Morgan fingerprint density at radius 3 is 2.53 bits per heavy atom. The van der Waals surface area contributed by atoms with Gasteiger partial charge in [0, 0.05) is 32.2 Å². The number of hydrogen-bond donors (Lipinski definition) is 1. The fourth-order valence-corrected chi connectivity index (χ4v) is 2.84. The fourth-order valence-electron chi connectivity index (χ4n) is 2.35. The molecule has 5 heteroatoms. The monoisotopic (exact) mass is 257 g/mol. The predicted molar refractivity (Wildman–Crippen MR) is 72.1 cm³/mol. The Morgan fingerprint density at radius 2 is 2.00 bits per heavy atom. The highest BCUT2D eigenvalue weighted by Gasteiger charge is 2.33. The fraction of sp³-hybridized carbons (Fsp3) is 0.917. The van der Waals surface area contributed by atoms with Crippen molar-refractivity contribution in [3.63, 3.8) is 0 Å². The maximum atomic E-state index is 12.1. The van der Waals surface area contributed by atoms with E-state index in [1.807, 2.05) is 11.2 Å². The van der Waals surface area contributed by atoms with Gasteiger partial charge in [-0.15, -0.1) is 0 Å². The van der Waals surface area contributed by atoms with Crippen LogP contribution in [0.1, 0.15) is 19.3 Å². The number of carbonyl (C=O) groups is 1. The highest BCUT2D eigenvalue weighted by atomic mass is 32.2. The van der Waals surface area contributed by atoms with Crippen LogP contribution >= 0.6 is 11.8 Å². The normalized spacial score (nSPS) is 23.8. The summed E-state index contributed by atoms with van der Waals surface area (Å²) in [5.74, 6) is 1.11. The second-order valence-corrected chi connectivity index (χ2v) is 5.97. The average Bonchev–Trinajstić information content (AvgIpc) is 3.19. The molecule has 17 heavy (non-hydrogen) atoms. The number of piperazine rings is 1. The molecule has 0 radical (unpaired) electrons. The first-order valence-corrected chi connectivity index (χ1v) is 7.89. The topological polar surface area (TPSA) is 49.6 Å². The van der Waals surface area contributed by atoms with E-state index in [9.17, 15) is 4.79 Å². The molecule has 0 spiro atoms. The van der Waals surface area contributed by atoms with E-state index < -0.39 is 0 Å². The van der Waals surface area contributed by atoms with Crippen LogP contribution in [0.25, 0.3) is 0 Å². The van der Waals surface area contributed by atoms with Crippen molar-refractivity contribution in [2.24, 2.45) is 5.73 Å². The molecular formula is C12H23N3OS. The molecule has 1 heterocycles. The van der Waals surface area contributed by atoms with E-state index in [4.69, 9.17) is 5.73 Å². The molecule has 2 aliphatic rings. The van der Waals surface area contributed by atoms with Crippen molar-refractivity contribution >= 4 is 17.7 Å². The summed E-state index contributed by atoms with van der Waals surface area (Å²) in [5.41, 5.74) is 5.92. The molecule has 2 N–H and O–H groups in total. The van der Waals surface area contributed by atoms with E-state index in [1.54, 1.807) is 11.8 Å². The molecule has 0 bridgehead atoms. The Hall–Kier alpha value is -0.260. The molecule has 1 saturated carbocycles. The van der Waals surface area contributed by atoms with Gasteiger partial charge in [-0.25, -0.2) is 0 Å². The molecule has 1 saturated heterocycles. The largest absolute Gasteiger partial charge is 0.339 e. The lowest BCUT2D eigenvalue weighted by atomic mass is 10.2. The van der Waals surface area contributed by atoms with Gasteiger partial charge in [0.25, 0.3) is 0 Å². The van der Waals surface area contributed by atoms with Crippen LogP contribution in [-0.4, -0.2) is 66.0 Å². The van der Waals surface area contributed by atoms with Crippen molar-refractivity contribution in [3.05, 3.63) is 0 Å². The first kappa shape index (κ1) is 13.2. The number of rotatable bonds is 5. The van der Waals surface area contributed by atoms with Gasteiger partial charge < -0.3 is 10.6 Å². The lowest BCUT2D eigenvalue weighted by Crippen LogP contribution is -2.53. The first-order valence-electron chi connectivity index (χ1n) is 6.49. The van der Waals surface area contributed by atoms with Gasteiger partial charge in [-0.2, -0.15) is 11.8 Å². The third-order valence-electron chi connectivity index (χ3n) is 3.64. The summed E-state index contributed by atoms with van der Waals surface area (Å²) in [7, 11) is 0. The minimum Gasteiger partial charge on any atom is -0.339 e. The van der Waals surface area contributed by atoms with Crippen LogP contribution in [0.2, 0.25) is 0 Å². The molecule has 1 atom stereocenters. The van der Waals surface area contributed by atoms with Crippen LogP contribution in [0.4, 0.5) is 0 Å². The van der Waals surface area contributed by atoms with Gasteiger partial charge in [0.05, 0.1) is 6.04 Å². The first-order chi connectivity index (χ1) is 8.22. The lowest BCUT2D eigenvalue weighted by Gasteiger charge is -2.36. The Bertz CT molecular complexity index is 262. The van der Waals surface area contributed by atoms with Crippen molar-refractivity contribution in [1.82, 2.24) is 9.80 Å². The summed E-state index contributed by atoms with van der Waals surface area (Å²) < 4.78 is 0. The highest BCUT2D eigenvalue weighted by molar-refractivity contribution is 7.98. The van der Waals surface area contributed by atoms with Crippen LogP contribution in [-0.2, 0) is 4.79 Å². The molecule has 1 aliphatic carbocycles. The van der Waals surface area contributed by atoms with Crippen molar-refractivity contribution in [1.29, 1.82) is 0 Å². The van der Waals surface area contributed by atoms with Gasteiger partial charge in [0.15, 0.2) is 0 Å². The summed E-state index contributed by atoms with van der Waals surface area (Å²) in [6, 6.07) is 0.521. The number of hydrogen-bond acceptors (Lipinski definition) is 4. The molecule has 98 valence electrons. The third kappa shape index (κ3) is 3.60. The smallest absolute Gasteiger partial charge is 0.239 e. The van der Waals surface area contributed by atoms with Crippen LogP contribution in [0.15, 0.2) is 0 Å². The number of thioether (sulfide) groups is 1. The Labute approximate surface area is 108 Å². The Kier molecular flexibility index (Phi) is 4.70. The molecule has 1 amide bonds. The summed E-state index contributed by atoms with van der Waals surface area (Å²) in [6.45, 7) is 3.79. The average molecular weight is 257 g/mol. The van der Waals surface area contributed by atoms with E-state index in [0.717, 1.165) is 44.4 Å². The zero-order valence-electron chi connectivity index (χ0n) is 10.6.